The van der Waals surface area contributed by atoms with E-state index >= 15 is 0 Å². The molecule has 0 atom stereocenters. The molecule has 0 spiro atoms. The first-order valence-electron chi connectivity index (χ1n) is 10.4. The Labute approximate surface area is 185 Å². The molecule has 0 radical (unpaired) electrons. The maximum atomic E-state index is 13.2. The van der Waals surface area contributed by atoms with Crippen LogP contribution in [0.15, 0.2) is 83.5 Å². The number of aryl methyl sites for hydroxylation is 1. The number of hydroxylamine groups is 1. The smallest absolute Gasteiger partial charge is 0.282 e. The number of anilines is 1. The van der Waals surface area contributed by atoms with Crippen molar-refractivity contribution >= 4 is 45.3 Å². The first kappa shape index (κ1) is 20.0. The van der Waals surface area contributed by atoms with Crippen LogP contribution in [0.2, 0.25) is 0 Å². The predicted octanol–water partition coefficient (Wildman–Crippen LogP) is 4.64. The Bertz CT molecular complexity index is 1370. The number of nitrogens with one attached hydrogen (secondary N) is 1. The van der Waals surface area contributed by atoms with Gasteiger partial charge >= 0.3 is 0 Å². The summed E-state index contributed by atoms with van der Waals surface area (Å²) in [7, 11) is 1.38. The van der Waals surface area contributed by atoms with Crippen molar-refractivity contribution in [1.82, 2.24) is 10.0 Å². The maximum absolute atomic E-state index is 13.2. The second-order valence-corrected chi connectivity index (χ2v) is 7.35. The molecule has 7 heteroatoms. The minimum atomic E-state index is -0.255. The lowest BCUT2D eigenvalue weighted by atomic mass is 10.1. The van der Waals surface area contributed by atoms with E-state index in [1.165, 1.54) is 23.0 Å². The lowest BCUT2D eigenvalue weighted by molar-refractivity contribution is -0.300. The number of fused-ring (bicyclic) bond motifs is 3. The van der Waals surface area contributed by atoms with E-state index in [-0.39, 0.29) is 11.7 Å². The Morgan fingerprint density at radius 2 is 1.72 bits per heavy atom. The highest BCUT2D eigenvalue weighted by molar-refractivity contribution is 6.32. The second-order valence-electron chi connectivity index (χ2n) is 7.35. The third kappa shape index (κ3) is 3.33. The molecule has 2 heterocycles. The van der Waals surface area contributed by atoms with Crippen LogP contribution in [0.4, 0.5) is 5.69 Å². The zero-order valence-corrected chi connectivity index (χ0v) is 17.8. The standard InChI is InChI=1S/C25H22N4O3/c1-3-28-22-12-8-7-11-19(22)20-15-17(13-14-23(20)28)16-21-24(27-32-31-2)26-29(25(21)30)18-9-5-4-6-10-18/h4-16H,3H2,1-2H3,(H,26,27)/b21-16-. The maximum Gasteiger partial charge on any atom is 0.282 e. The monoisotopic (exact) mass is 426 g/mol. The summed E-state index contributed by atoms with van der Waals surface area (Å²) in [5, 5.41) is 8.06. The molecule has 5 rings (SSSR count). The molecule has 1 aliphatic heterocycles. The van der Waals surface area contributed by atoms with Crippen LogP contribution in [0.25, 0.3) is 27.9 Å². The number of carbonyl (C=O) groups excluding carboxylic acids is 1. The van der Waals surface area contributed by atoms with Crippen LogP contribution < -0.4 is 10.5 Å². The van der Waals surface area contributed by atoms with E-state index in [4.69, 9.17) is 4.99 Å². The third-order valence-electron chi connectivity index (χ3n) is 5.52. The molecule has 7 nitrogen and oxygen atoms in total. The average molecular weight is 426 g/mol. The van der Waals surface area contributed by atoms with E-state index in [2.05, 4.69) is 57.3 Å². The van der Waals surface area contributed by atoms with Crippen molar-refractivity contribution in [3.05, 3.63) is 83.9 Å². The van der Waals surface area contributed by atoms with Gasteiger partial charge in [-0.05, 0) is 48.9 Å². The fourth-order valence-electron chi connectivity index (χ4n) is 4.11. The summed E-state index contributed by atoms with van der Waals surface area (Å²) >= 11 is 0. The molecule has 1 N–H and O–H groups in total. The summed E-state index contributed by atoms with van der Waals surface area (Å²) in [6.45, 7) is 3.02. The first-order valence-corrected chi connectivity index (χ1v) is 10.4. The lowest BCUT2D eigenvalue weighted by Gasteiger charge is -2.10. The highest BCUT2D eigenvalue weighted by atomic mass is 17.3. The molecule has 0 fully saturated rings. The average Bonchev–Trinajstić information content (AvgIpc) is 3.32. The number of carbonyl (C=O) groups is 1. The van der Waals surface area contributed by atoms with Gasteiger partial charge in [-0.1, -0.05) is 42.5 Å². The number of amides is 1. The summed E-state index contributed by atoms with van der Waals surface area (Å²) in [5.41, 5.74) is 6.90. The van der Waals surface area contributed by atoms with Crippen LogP contribution in [0, 0.1) is 0 Å². The van der Waals surface area contributed by atoms with E-state index in [9.17, 15) is 4.79 Å². The van der Waals surface area contributed by atoms with Gasteiger partial charge in [-0.15, -0.1) is 10.1 Å². The number of hydrogen-bond donors (Lipinski definition) is 1. The molecule has 0 unspecified atom stereocenters. The molecule has 160 valence electrons. The van der Waals surface area contributed by atoms with Gasteiger partial charge in [0.25, 0.3) is 5.91 Å². The Hall–Kier alpha value is -3.94. The van der Waals surface area contributed by atoms with Gasteiger partial charge in [0.1, 0.15) is 0 Å². The molecule has 0 saturated heterocycles. The molecule has 4 aromatic rings. The topological polar surface area (TPSA) is 68.1 Å². The van der Waals surface area contributed by atoms with E-state index in [1.54, 1.807) is 0 Å². The van der Waals surface area contributed by atoms with Crippen LogP contribution in [0.5, 0.6) is 0 Å². The Balaban J connectivity index is 1.60. The van der Waals surface area contributed by atoms with Crippen LogP contribution in [0.3, 0.4) is 0 Å². The van der Waals surface area contributed by atoms with Gasteiger partial charge < -0.3 is 4.57 Å². The molecule has 32 heavy (non-hydrogen) atoms. The number of aromatic nitrogens is 1. The number of hydrogen-bond acceptors (Lipinski definition) is 5. The number of benzene rings is 3. The SMILES string of the molecule is CCn1c2ccccc2c2cc(/C=C3\C(=O)N(c4ccccc4)N=C3NOOC)ccc21. The van der Waals surface area contributed by atoms with Gasteiger partial charge in [0.2, 0.25) is 0 Å². The minimum Gasteiger partial charge on any atom is -0.341 e. The van der Waals surface area contributed by atoms with Crippen LogP contribution in [-0.4, -0.2) is 23.4 Å². The molecule has 0 saturated carbocycles. The molecule has 1 aliphatic rings. The second kappa shape index (κ2) is 8.30. The number of amidine groups is 1. The first-order chi connectivity index (χ1) is 15.7. The Kier molecular flexibility index (Phi) is 5.18. The van der Waals surface area contributed by atoms with Gasteiger partial charge in [-0.2, -0.15) is 5.01 Å². The molecule has 0 aliphatic carbocycles. The van der Waals surface area contributed by atoms with Gasteiger partial charge in [0, 0.05) is 28.4 Å². The zero-order chi connectivity index (χ0) is 22.1. The largest absolute Gasteiger partial charge is 0.341 e. The lowest BCUT2D eigenvalue weighted by Crippen LogP contribution is -2.25. The fourth-order valence-corrected chi connectivity index (χ4v) is 4.11. The van der Waals surface area contributed by atoms with E-state index in [0.717, 1.165) is 23.0 Å². The van der Waals surface area contributed by atoms with Crippen molar-refractivity contribution in [2.75, 3.05) is 12.1 Å². The van der Waals surface area contributed by atoms with Gasteiger partial charge in [0.15, 0.2) is 5.84 Å². The Morgan fingerprint density at radius 1 is 0.969 bits per heavy atom. The summed E-state index contributed by atoms with van der Waals surface area (Å²) in [6.07, 6.45) is 1.81. The third-order valence-corrected chi connectivity index (χ3v) is 5.52. The van der Waals surface area contributed by atoms with Crippen molar-refractivity contribution < 1.29 is 14.7 Å². The van der Waals surface area contributed by atoms with Crippen molar-refractivity contribution in [2.24, 2.45) is 5.10 Å². The quantitative estimate of drug-likeness (QED) is 0.287. The highest BCUT2D eigenvalue weighted by Crippen LogP contribution is 2.31. The van der Waals surface area contributed by atoms with Crippen molar-refractivity contribution in [3.63, 3.8) is 0 Å². The fraction of sp³-hybridized carbons (Fsp3) is 0.120. The van der Waals surface area contributed by atoms with E-state index in [0.29, 0.717) is 11.3 Å². The normalized spacial score (nSPS) is 15.2. The molecule has 1 amide bonds. The van der Waals surface area contributed by atoms with Crippen LogP contribution in [-0.2, 0) is 21.2 Å². The van der Waals surface area contributed by atoms with Gasteiger partial charge in [0.05, 0.1) is 18.4 Å². The van der Waals surface area contributed by atoms with Crippen molar-refractivity contribution in [1.29, 1.82) is 0 Å². The number of para-hydroxylation sites is 2. The summed E-state index contributed by atoms with van der Waals surface area (Å²) in [4.78, 5) is 22.7. The van der Waals surface area contributed by atoms with E-state index in [1.807, 2.05) is 48.5 Å². The predicted molar refractivity (Wildman–Crippen MR) is 126 cm³/mol. The number of hydrazone groups is 1. The molecule has 0 bridgehead atoms. The summed E-state index contributed by atoms with van der Waals surface area (Å²) in [5.74, 6) is 0.0197. The Morgan fingerprint density at radius 3 is 2.50 bits per heavy atom. The summed E-state index contributed by atoms with van der Waals surface area (Å²) < 4.78 is 2.29. The number of rotatable bonds is 5. The summed E-state index contributed by atoms with van der Waals surface area (Å²) in [6, 6.07) is 23.8. The minimum absolute atomic E-state index is 0.255. The number of nitrogens with zero attached hydrogens (tertiary/aromatic N) is 3. The van der Waals surface area contributed by atoms with Gasteiger partial charge in [-0.25, -0.2) is 10.4 Å². The zero-order valence-electron chi connectivity index (χ0n) is 17.8. The van der Waals surface area contributed by atoms with E-state index < -0.39 is 0 Å². The van der Waals surface area contributed by atoms with Crippen molar-refractivity contribution in [3.8, 4) is 0 Å². The highest BCUT2D eigenvalue weighted by Gasteiger charge is 2.31. The molecular weight excluding hydrogens is 404 g/mol. The van der Waals surface area contributed by atoms with Crippen molar-refractivity contribution in [2.45, 2.75) is 13.5 Å². The molecular formula is C25H22N4O3. The molecule has 1 aromatic heterocycles. The van der Waals surface area contributed by atoms with Gasteiger partial charge in [-0.3, -0.25) is 4.79 Å². The molecule has 3 aromatic carbocycles. The van der Waals surface area contributed by atoms with Crippen LogP contribution in [0.1, 0.15) is 12.5 Å². The van der Waals surface area contributed by atoms with Crippen LogP contribution >= 0.6 is 0 Å².